The summed E-state index contributed by atoms with van der Waals surface area (Å²) in [5, 5.41) is 4.45. The van der Waals surface area contributed by atoms with Gasteiger partial charge in [0.15, 0.2) is 0 Å². The Morgan fingerprint density at radius 3 is 2.38 bits per heavy atom. The third-order valence-corrected chi connectivity index (χ3v) is 3.86. The Bertz CT molecular complexity index is 747. The average Bonchev–Trinajstić information content (AvgIpc) is 2.54. The first kappa shape index (κ1) is 18.0. The molecular weight excluding hydrogens is 324 g/mol. The Labute approximate surface area is 147 Å². The number of carbonyl (C=O) groups is 1. The smallest absolute Gasteiger partial charge is 0.271 e. The minimum atomic E-state index is -0.258. The maximum Gasteiger partial charge on any atom is 0.271 e. The van der Waals surface area contributed by atoms with E-state index in [1.807, 2.05) is 12.1 Å². The molecule has 2 rings (SSSR count). The molecule has 0 saturated carbocycles. The van der Waals surface area contributed by atoms with Gasteiger partial charge >= 0.3 is 0 Å². The van der Waals surface area contributed by atoms with Gasteiger partial charge in [-0.15, -0.1) is 0 Å². The molecule has 0 bridgehead atoms. The van der Waals surface area contributed by atoms with Gasteiger partial charge in [0.25, 0.3) is 5.91 Å². The Hall–Kier alpha value is -2.33. The molecule has 1 N–H and O–H groups in total. The maximum absolute atomic E-state index is 12.1. The number of amides is 1. The third kappa shape index (κ3) is 4.59. The zero-order chi connectivity index (χ0) is 17.7. The molecule has 0 atom stereocenters. The van der Waals surface area contributed by atoms with Crippen molar-refractivity contribution in [3.8, 4) is 5.75 Å². The summed E-state index contributed by atoms with van der Waals surface area (Å²) in [6.07, 6.45) is 1.53. The van der Waals surface area contributed by atoms with Crippen LogP contribution in [-0.4, -0.2) is 19.2 Å². The van der Waals surface area contributed by atoms with Crippen molar-refractivity contribution in [3.63, 3.8) is 0 Å². The van der Waals surface area contributed by atoms with Crippen LogP contribution in [-0.2, 0) is 5.41 Å². The fourth-order valence-electron chi connectivity index (χ4n) is 2.11. The molecule has 4 nitrogen and oxygen atoms in total. The van der Waals surface area contributed by atoms with Gasteiger partial charge in [-0.1, -0.05) is 44.5 Å². The van der Waals surface area contributed by atoms with Gasteiger partial charge in [0.1, 0.15) is 5.75 Å². The van der Waals surface area contributed by atoms with E-state index in [0.717, 1.165) is 5.56 Å². The minimum absolute atomic E-state index is 0.0563. The van der Waals surface area contributed by atoms with E-state index in [1.165, 1.54) is 11.8 Å². The largest absolute Gasteiger partial charge is 0.495 e. The number of hydrogen-bond acceptors (Lipinski definition) is 3. The molecule has 0 unspecified atom stereocenters. The van der Waals surface area contributed by atoms with Gasteiger partial charge < -0.3 is 4.74 Å². The fourth-order valence-corrected chi connectivity index (χ4v) is 2.38. The molecule has 0 aliphatic carbocycles. The van der Waals surface area contributed by atoms with Gasteiger partial charge in [-0.25, -0.2) is 5.43 Å². The van der Waals surface area contributed by atoms with E-state index < -0.39 is 0 Å². The standard InChI is InChI=1S/C19H21ClN2O2/c1-19(2,3)15-8-6-14(7-9-15)18(23)22-21-12-13-5-10-17(24-4)16(20)11-13/h5-12H,1-4H3,(H,22,23)/b21-12-. The lowest BCUT2D eigenvalue weighted by Crippen LogP contribution is -2.18. The van der Waals surface area contributed by atoms with E-state index in [1.54, 1.807) is 37.4 Å². The summed E-state index contributed by atoms with van der Waals surface area (Å²) >= 11 is 6.04. The van der Waals surface area contributed by atoms with Gasteiger partial charge in [-0.05, 0) is 46.9 Å². The number of nitrogens with zero attached hydrogens (tertiary/aromatic N) is 1. The molecule has 1 amide bonds. The molecule has 0 aliphatic heterocycles. The summed E-state index contributed by atoms with van der Waals surface area (Å²) in [6, 6.07) is 12.8. The van der Waals surface area contributed by atoms with Crippen LogP contribution in [0.2, 0.25) is 5.02 Å². The molecule has 0 saturated heterocycles. The van der Waals surface area contributed by atoms with Crippen molar-refractivity contribution in [2.45, 2.75) is 26.2 Å². The molecule has 2 aromatic carbocycles. The SMILES string of the molecule is COc1ccc(/C=N\NC(=O)c2ccc(C(C)(C)C)cc2)cc1Cl. The molecule has 0 spiro atoms. The van der Waals surface area contributed by atoms with Crippen LogP contribution in [0.15, 0.2) is 47.6 Å². The van der Waals surface area contributed by atoms with Crippen LogP contribution < -0.4 is 10.2 Å². The highest BCUT2D eigenvalue weighted by atomic mass is 35.5. The van der Waals surface area contributed by atoms with Crippen molar-refractivity contribution in [2.75, 3.05) is 7.11 Å². The molecule has 0 aliphatic rings. The number of methoxy groups -OCH3 is 1. The molecule has 24 heavy (non-hydrogen) atoms. The highest BCUT2D eigenvalue weighted by molar-refractivity contribution is 6.32. The summed E-state index contributed by atoms with van der Waals surface area (Å²) in [5.41, 5.74) is 5.07. The summed E-state index contributed by atoms with van der Waals surface area (Å²) in [7, 11) is 1.56. The van der Waals surface area contributed by atoms with Crippen LogP contribution in [0, 0.1) is 0 Å². The van der Waals surface area contributed by atoms with Crippen molar-refractivity contribution < 1.29 is 9.53 Å². The normalized spacial score (nSPS) is 11.5. The van der Waals surface area contributed by atoms with Gasteiger partial charge in [0.05, 0.1) is 18.3 Å². The number of hydrogen-bond donors (Lipinski definition) is 1. The minimum Gasteiger partial charge on any atom is -0.495 e. The monoisotopic (exact) mass is 344 g/mol. The second-order valence-corrected chi connectivity index (χ2v) is 6.83. The van der Waals surface area contributed by atoms with Crippen molar-refractivity contribution in [2.24, 2.45) is 5.10 Å². The average molecular weight is 345 g/mol. The number of carbonyl (C=O) groups excluding carboxylic acids is 1. The van der Waals surface area contributed by atoms with E-state index in [9.17, 15) is 4.79 Å². The molecule has 0 heterocycles. The predicted molar refractivity (Wildman–Crippen MR) is 98.2 cm³/mol. The Balaban J connectivity index is 2.01. The van der Waals surface area contributed by atoms with E-state index in [-0.39, 0.29) is 11.3 Å². The molecule has 126 valence electrons. The van der Waals surface area contributed by atoms with Gasteiger partial charge in [0, 0.05) is 5.56 Å². The van der Waals surface area contributed by atoms with Gasteiger partial charge in [0.2, 0.25) is 0 Å². The lowest BCUT2D eigenvalue weighted by Gasteiger charge is -2.18. The Kier molecular flexibility index (Phi) is 5.62. The number of benzene rings is 2. The van der Waals surface area contributed by atoms with Crippen LogP contribution in [0.4, 0.5) is 0 Å². The Morgan fingerprint density at radius 2 is 1.83 bits per heavy atom. The number of halogens is 1. The highest BCUT2D eigenvalue weighted by Gasteiger charge is 2.14. The quantitative estimate of drug-likeness (QED) is 0.659. The van der Waals surface area contributed by atoms with E-state index >= 15 is 0 Å². The zero-order valence-corrected chi connectivity index (χ0v) is 15.0. The highest BCUT2D eigenvalue weighted by Crippen LogP contribution is 2.24. The van der Waals surface area contributed by atoms with Crippen molar-refractivity contribution in [3.05, 3.63) is 64.2 Å². The van der Waals surface area contributed by atoms with Crippen LogP contribution >= 0.6 is 11.6 Å². The molecule has 0 radical (unpaired) electrons. The zero-order valence-electron chi connectivity index (χ0n) is 14.3. The summed E-state index contributed by atoms with van der Waals surface area (Å²) in [6.45, 7) is 6.39. The van der Waals surface area contributed by atoms with Gasteiger partial charge in [-0.3, -0.25) is 4.79 Å². The molecule has 2 aromatic rings. The predicted octanol–water partition coefficient (Wildman–Crippen LogP) is 4.41. The molecular formula is C19H21ClN2O2. The summed E-state index contributed by atoms with van der Waals surface area (Å²) < 4.78 is 5.09. The van der Waals surface area contributed by atoms with E-state index in [0.29, 0.717) is 16.3 Å². The topological polar surface area (TPSA) is 50.7 Å². The van der Waals surface area contributed by atoms with Crippen LogP contribution in [0.25, 0.3) is 0 Å². The molecule has 0 aromatic heterocycles. The van der Waals surface area contributed by atoms with Crippen LogP contribution in [0.5, 0.6) is 5.75 Å². The third-order valence-electron chi connectivity index (χ3n) is 3.57. The van der Waals surface area contributed by atoms with Crippen molar-refractivity contribution in [1.29, 1.82) is 0 Å². The summed E-state index contributed by atoms with van der Waals surface area (Å²) in [4.78, 5) is 12.1. The van der Waals surface area contributed by atoms with E-state index in [4.69, 9.17) is 16.3 Å². The first-order chi connectivity index (χ1) is 11.3. The number of hydrazone groups is 1. The number of ether oxygens (including phenoxy) is 1. The fraction of sp³-hybridized carbons (Fsp3) is 0.263. The van der Waals surface area contributed by atoms with Crippen molar-refractivity contribution >= 4 is 23.7 Å². The molecule has 0 fully saturated rings. The lowest BCUT2D eigenvalue weighted by atomic mass is 9.87. The van der Waals surface area contributed by atoms with Crippen LogP contribution in [0.3, 0.4) is 0 Å². The van der Waals surface area contributed by atoms with Gasteiger partial charge in [-0.2, -0.15) is 5.10 Å². The number of nitrogens with one attached hydrogen (secondary N) is 1. The maximum atomic E-state index is 12.1. The first-order valence-electron chi connectivity index (χ1n) is 7.59. The van der Waals surface area contributed by atoms with Crippen molar-refractivity contribution in [1.82, 2.24) is 5.43 Å². The molecule has 5 heteroatoms. The second-order valence-electron chi connectivity index (χ2n) is 6.42. The lowest BCUT2D eigenvalue weighted by molar-refractivity contribution is 0.0955. The number of rotatable bonds is 4. The summed E-state index contributed by atoms with van der Waals surface area (Å²) in [5.74, 6) is 0.336. The van der Waals surface area contributed by atoms with E-state index in [2.05, 4.69) is 31.3 Å². The van der Waals surface area contributed by atoms with Crippen LogP contribution in [0.1, 0.15) is 42.3 Å². The Morgan fingerprint density at radius 1 is 1.17 bits per heavy atom. The second kappa shape index (κ2) is 7.49. The first-order valence-corrected chi connectivity index (χ1v) is 7.96.